The van der Waals surface area contributed by atoms with Crippen LogP contribution in [0.2, 0.25) is 0 Å². The fraction of sp³-hybridized carbons (Fsp3) is 0.562. The van der Waals surface area contributed by atoms with Crippen LogP contribution < -0.4 is 5.56 Å². The first-order chi connectivity index (χ1) is 9.36. The van der Waals surface area contributed by atoms with Crippen molar-refractivity contribution in [3.05, 3.63) is 33.7 Å². The van der Waals surface area contributed by atoms with Crippen LogP contribution in [0.15, 0.2) is 17.1 Å². The zero-order chi connectivity index (χ0) is 15.4. The Labute approximate surface area is 124 Å². The molecule has 1 fully saturated rings. The van der Waals surface area contributed by atoms with Crippen molar-refractivity contribution in [2.45, 2.75) is 51.0 Å². The van der Waals surface area contributed by atoms with Gasteiger partial charge in [-0.1, -0.05) is 33.6 Å². The van der Waals surface area contributed by atoms with Gasteiger partial charge in [0.15, 0.2) is 0 Å². The summed E-state index contributed by atoms with van der Waals surface area (Å²) in [5.41, 5.74) is -1.27. The highest BCUT2D eigenvalue weighted by atomic mass is 32.2. The summed E-state index contributed by atoms with van der Waals surface area (Å²) < 4.78 is 14.9. The molecule has 1 saturated heterocycles. The lowest BCUT2D eigenvalue weighted by molar-refractivity contribution is 0.125. The third-order valence-electron chi connectivity index (χ3n) is 3.25. The lowest BCUT2D eigenvalue weighted by Crippen LogP contribution is -2.39. The van der Waals surface area contributed by atoms with Gasteiger partial charge in [0, 0.05) is 22.9 Å². The summed E-state index contributed by atoms with van der Waals surface area (Å²) in [6.45, 7) is 8.01. The first kappa shape index (κ1) is 16.8. The second-order valence-electron chi connectivity index (χ2n) is 5.28. The van der Waals surface area contributed by atoms with Gasteiger partial charge in [-0.15, -0.1) is 6.42 Å². The van der Waals surface area contributed by atoms with Gasteiger partial charge in [0.1, 0.15) is 5.67 Å². The molecule has 0 bridgehead atoms. The van der Waals surface area contributed by atoms with E-state index in [1.807, 2.05) is 27.7 Å². The molecule has 0 aromatic carbocycles. The average molecular weight is 295 g/mol. The van der Waals surface area contributed by atoms with Crippen molar-refractivity contribution in [2.75, 3.05) is 5.75 Å². The number of alkyl halides is 1. The van der Waals surface area contributed by atoms with Gasteiger partial charge < -0.3 is 4.98 Å². The molecule has 2 nitrogen and oxygen atoms in total. The molecule has 4 heteroatoms. The lowest BCUT2D eigenvalue weighted by Gasteiger charge is -2.39. The van der Waals surface area contributed by atoms with Crippen LogP contribution in [0, 0.1) is 12.3 Å². The van der Waals surface area contributed by atoms with Gasteiger partial charge >= 0.3 is 0 Å². The largest absolute Gasteiger partial charge is 0.328 e. The van der Waals surface area contributed by atoms with E-state index in [0.29, 0.717) is 24.2 Å². The second kappa shape index (κ2) is 6.49. The van der Waals surface area contributed by atoms with E-state index in [2.05, 4.69) is 10.9 Å². The van der Waals surface area contributed by atoms with Crippen molar-refractivity contribution in [1.29, 1.82) is 0 Å². The number of pyridine rings is 1. The number of nitrogens with one attached hydrogen (secondary N) is 1. The molecule has 1 aliphatic heterocycles. The normalized spacial score (nSPS) is 24.2. The predicted octanol–water partition coefficient (Wildman–Crippen LogP) is 3.85. The van der Waals surface area contributed by atoms with Crippen LogP contribution in [0.3, 0.4) is 0 Å². The van der Waals surface area contributed by atoms with Crippen LogP contribution in [0.4, 0.5) is 4.39 Å². The quantitative estimate of drug-likeness (QED) is 0.798. The zero-order valence-corrected chi connectivity index (χ0v) is 13.4. The highest BCUT2D eigenvalue weighted by molar-refractivity contribution is 8.00. The second-order valence-corrected chi connectivity index (χ2v) is 7.08. The van der Waals surface area contributed by atoms with Gasteiger partial charge in [-0.2, -0.15) is 11.8 Å². The molecule has 1 aliphatic rings. The highest BCUT2D eigenvalue weighted by Crippen LogP contribution is 2.47. The minimum absolute atomic E-state index is 0.161. The molecule has 0 spiro atoms. The van der Waals surface area contributed by atoms with Crippen LogP contribution in [0.1, 0.15) is 51.7 Å². The van der Waals surface area contributed by atoms with E-state index >= 15 is 4.39 Å². The van der Waals surface area contributed by atoms with Crippen molar-refractivity contribution >= 4 is 11.8 Å². The molecule has 1 unspecified atom stereocenters. The summed E-state index contributed by atoms with van der Waals surface area (Å²) >= 11 is 1.74. The lowest BCUT2D eigenvalue weighted by atomic mass is 9.84. The van der Waals surface area contributed by atoms with Gasteiger partial charge in [0.25, 0.3) is 5.56 Å². The average Bonchev–Trinajstić information content (AvgIpc) is 2.40. The minimum Gasteiger partial charge on any atom is -0.328 e. The Bertz CT molecular complexity index is 558. The summed E-state index contributed by atoms with van der Waals surface area (Å²) in [4.78, 5) is 14.4. The minimum atomic E-state index is -1.57. The third kappa shape index (κ3) is 3.67. The molecule has 0 aliphatic carbocycles. The van der Waals surface area contributed by atoms with Crippen LogP contribution in [0.5, 0.6) is 0 Å². The van der Waals surface area contributed by atoms with Crippen LogP contribution in [0.25, 0.3) is 0 Å². The number of hydrogen-bond acceptors (Lipinski definition) is 2. The van der Waals surface area contributed by atoms with Crippen LogP contribution in [-0.2, 0) is 5.67 Å². The summed E-state index contributed by atoms with van der Waals surface area (Å²) in [6.07, 6.45) is 7.43. The molecule has 0 amide bonds. The molecule has 1 N–H and O–H groups in total. The van der Waals surface area contributed by atoms with Gasteiger partial charge in [0.2, 0.25) is 0 Å². The number of H-pyrrole nitrogens is 1. The van der Waals surface area contributed by atoms with E-state index in [9.17, 15) is 4.79 Å². The fourth-order valence-corrected chi connectivity index (χ4v) is 3.74. The first-order valence-corrected chi connectivity index (χ1v) is 7.88. The zero-order valence-electron chi connectivity index (χ0n) is 12.5. The summed E-state index contributed by atoms with van der Waals surface area (Å²) in [5.74, 6) is 3.14. The van der Waals surface area contributed by atoms with Gasteiger partial charge in [-0.05, 0) is 18.2 Å². The molecule has 0 saturated carbocycles. The van der Waals surface area contributed by atoms with Crippen molar-refractivity contribution in [1.82, 2.24) is 4.98 Å². The highest BCUT2D eigenvalue weighted by Gasteiger charge is 2.43. The van der Waals surface area contributed by atoms with Crippen LogP contribution in [-0.4, -0.2) is 15.5 Å². The monoisotopic (exact) mass is 295 g/mol. The molecule has 110 valence electrons. The number of rotatable bonds is 1. The van der Waals surface area contributed by atoms with Gasteiger partial charge in [0.05, 0.1) is 5.56 Å². The standard InChI is InChI=1S/C14H16FNOS.C2H6/c1-4-10-7-11(12(17)16-8-10)14(15)5-6-18-13(2,3)9-14;1-2/h1,7-8H,5-6,9H2,2-3H3,(H,16,17);1-2H3. The van der Waals surface area contributed by atoms with E-state index in [0.717, 1.165) is 0 Å². The Morgan fingerprint density at radius 3 is 2.65 bits per heavy atom. The molecule has 2 heterocycles. The summed E-state index contributed by atoms with van der Waals surface area (Å²) in [6, 6.07) is 1.50. The van der Waals surface area contributed by atoms with E-state index in [1.165, 1.54) is 12.3 Å². The third-order valence-corrected chi connectivity index (χ3v) is 4.58. The predicted molar refractivity (Wildman–Crippen MR) is 84.9 cm³/mol. The number of halogens is 1. The fourth-order valence-electron chi connectivity index (χ4n) is 2.43. The Morgan fingerprint density at radius 2 is 2.10 bits per heavy atom. The smallest absolute Gasteiger partial charge is 0.254 e. The van der Waals surface area contributed by atoms with Crippen molar-refractivity contribution in [2.24, 2.45) is 0 Å². The molecule has 20 heavy (non-hydrogen) atoms. The number of hydrogen-bond donors (Lipinski definition) is 1. The molecule has 1 aromatic rings. The maximum atomic E-state index is 15.1. The van der Waals surface area contributed by atoms with E-state index in [-0.39, 0.29) is 15.9 Å². The number of aromatic nitrogens is 1. The van der Waals surface area contributed by atoms with Crippen LogP contribution >= 0.6 is 11.8 Å². The Morgan fingerprint density at radius 1 is 1.45 bits per heavy atom. The summed E-state index contributed by atoms with van der Waals surface area (Å²) in [5, 5.41) is 0. The Kier molecular flexibility index (Phi) is 5.47. The van der Waals surface area contributed by atoms with Crippen molar-refractivity contribution in [3.63, 3.8) is 0 Å². The van der Waals surface area contributed by atoms with E-state index < -0.39 is 5.67 Å². The number of thioether (sulfide) groups is 1. The molecular formula is C16H22FNOS. The topological polar surface area (TPSA) is 32.9 Å². The van der Waals surface area contributed by atoms with E-state index in [1.54, 1.807) is 11.8 Å². The molecule has 1 atom stereocenters. The SMILES string of the molecule is C#Cc1c[nH]c(=O)c(C2(F)CCSC(C)(C)C2)c1.CC. The maximum Gasteiger partial charge on any atom is 0.254 e. The molecule has 2 rings (SSSR count). The molecule has 0 radical (unpaired) electrons. The van der Waals surface area contributed by atoms with Gasteiger partial charge in [-0.25, -0.2) is 4.39 Å². The van der Waals surface area contributed by atoms with Crippen molar-refractivity contribution in [3.8, 4) is 12.3 Å². The maximum absolute atomic E-state index is 15.1. The Hall–Kier alpha value is -1.21. The summed E-state index contributed by atoms with van der Waals surface area (Å²) in [7, 11) is 0. The Balaban J connectivity index is 0.000000956. The number of terminal acetylenes is 1. The van der Waals surface area contributed by atoms with Crippen molar-refractivity contribution < 1.29 is 4.39 Å². The first-order valence-electron chi connectivity index (χ1n) is 6.89. The molecular weight excluding hydrogens is 273 g/mol. The molecule has 1 aromatic heterocycles. The number of aromatic amines is 1. The van der Waals surface area contributed by atoms with Gasteiger partial charge in [-0.3, -0.25) is 4.79 Å². The van der Waals surface area contributed by atoms with E-state index in [4.69, 9.17) is 6.42 Å².